The summed E-state index contributed by atoms with van der Waals surface area (Å²) in [6.07, 6.45) is 2.14. The third kappa shape index (κ3) is 9.25. The Labute approximate surface area is 81.6 Å². The van der Waals surface area contributed by atoms with Gasteiger partial charge >= 0.3 is 0 Å². The first kappa shape index (κ1) is 12.3. The van der Waals surface area contributed by atoms with Crippen molar-refractivity contribution in [1.29, 1.82) is 0 Å². The minimum absolute atomic E-state index is 0.359. The first-order chi connectivity index (χ1) is 6.16. The van der Waals surface area contributed by atoms with E-state index in [4.69, 9.17) is 0 Å². The molecule has 76 valence electrons. The lowest BCUT2D eigenvalue weighted by Gasteiger charge is -2.05. The molecule has 0 aromatic rings. The van der Waals surface area contributed by atoms with Gasteiger partial charge in [0, 0.05) is 0 Å². The molecule has 0 aliphatic carbocycles. The summed E-state index contributed by atoms with van der Waals surface area (Å²) in [5, 5.41) is 0. The molecule has 0 amide bonds. The van der Waals surface area contributed by atoms with Crippen LogP contribution in [0, 0.1) is 0 Å². The predicted molar refractivity (Wildman–Crippen MR) is 57.7 cm³/mol. The van der Waals surface area contributed by atoms with Crippen LogP contribution in [0.5, 0.6) is 0 Å². The molecule has 0 aliphatic rings. The van der Waals surface area contributed by atoms with Crippen LogP contribution in [-0.4, -0.2) is 44.1 Å². The van der Waals surface area contributed by atoms with Gasteiger partial charge in [-0.1, -0.05) is 6.92 Å². The largest absolute Gasteiger partial charge is 0.309 e. The highest BCUT2D eigenvalue weighted by atomic mass is 15.0. The predicted octanol–water partition coefficient (Wildman–Crippen LogP) is 1.91. The van der Waals surface area contributed by atoms with Crippen molar-refractivity contribution in [2.45, 2.75) is 32.7 Å². The minimum atomic E-state index is 0.359. The van der Waals surface area contributed by atoms with Crippen molar-refractivity contribution in [1.82, 2.24) is 4.90 Å². The van der Waals surface area contributed by atoms with Crippen LogP contribution in [0.15, 0.2) is 9.98 Å². The summed E-state index contributed by atoms with van der Waals surface area (Å²) in [6.45, 7) is 6.09. The Bertz CT molecular complexity index is 169. The molecule has 0 heterocycles. The quantitative estimate of drug-likeness (QED) is 0.456. The molecule has 0 N–H and O–H groups in total. The normalized spacial score (nSPS) is 12.4. The van der Waals surface area contributed by atoms with Gasteiger partial charge in [-0.3, -0.25) is 0 Å². The summed E-state index contributed by atoms with van der Waals surface area (Å²) in [4.78, 5) is 10.4. The van der Waals surface area contributed by atoms with Gasteiger partial charge in [0.25, 0.3) is 0 Å². The molecule has 0 spiro atoms. The summed E-state index contributed by atoms with van der Waals surface area (Å²) < 4.78 is 0. The Balaban J connectivity index is 3.45. The van der Waals surface area contributed by atoms with E-state index in [1.807, 2.05) is 0 Å². The Morgan fingerprint density at radius 1 is 1.38 bits per heavy atom. The van der Waals surface area contributed by atoms with Gasteiger partial charge in [-0.25, -0.2) is 9.98 Å². The maximum Gasteiger partial charge on any atom is 0.0895 e. The fourth-order valence-electron chi connectivity index (χ4n) is 0.747. The lowest BCUT2D eigenvalue weighted by atomic mass is 10.3. The van der Waals surface area contributed by atoms with Crippen molar-refractivity contribution < 1.29 is 0 Å². The molecule has 0 aliphatic heterocycles. The molecule has 0 bridgehead atoms. The van der Waals surface area contributed by atoms with Gasteiger partial charge in [0.1, 0.15) is 0 Å². The third-order valence-corrected chi connectivity index (χ3v) is 1.81. The van der Waals surface area contributed by atoms with Crippen molar-refractivity contribution in [3.8, 4) is 0 Å². The summed E-state index contributed by atoms with van der Waals surface area (Å²) in [5.74, 6) is 0. The summed E-state index contributed by atoms with van der Waals surface area (Å²) in [5.41, 5.74) is 0. The van der Waals surface area contributed by atoms with Crippen LogP contribution in [-0.2, 0) is 0 Å². The molecule has 0 saturated heterocycles. The number of hydrogen-bond acceptors (Lipinski definition) is 3. The van der Waals surface area contributed by atoms with Crippen LogP contribution in [0.25, 0.3) is 0 Å². The standard InChI is InChI=1S/C10H21N3/c1-5-10(2)12-9-11-7-6-8-13(3)4/h10H,5-8H2,1-4H3. The second-order valence-corrected chi connectivity index (χ2v) is 3.52. The summed E-state index contributed by atoms with van der Waals surface area (Å²) in [7, 11) is 4.13. The molecule has 3 heteroatoms. The monoisotopic (exact) mass is 183 g/mol. The van der Waals surface area contributed by atoms with Gasteiger partial charge in [-0.15, -0.1) is 0 Å². The number of aliphatic imine (C=N–C) groups is 2. The van der Waals surface area contributed by atoms with E-state index in [0.717, 1.165) is 25.9 Å². The van der Waals surface area contributed by atoms with Crippen LogP contribution < -0.4 is 0 Å². The molecule has 0 rings (SSSR count). The first-order valence-electron chi connectivity index (χ1n) is 4.93. The second kappa shape index (κ2) is 7.96. The number of hydrogen-bond donors (Lipinski definition) is 0. The maximum absolute atomic E-state index is 4.13. The molecule has 0 aromatic heterocycles. The highest BCUT2D eigenvalue weighted by Crippen LogP contribution is 1.91. The fourth-order valence-corrected chi connectivity index (χ4v) is 0.747. The average molecular weight is 183 g/mol. The van der Waals surface area contributed by atoms with Crippen LogP contribution >= 0.6 is 0 Å². The van der Waals surface area contributed by atoms with Gasteiger partial charge < -0.3 is 4.90 Å². The highest BCUT2D eigenvalue weighted by molar-refractivity contribution is 5.41. The van der Waals surface area contributed by atoms with Gasteiger partial charge in [0.15, 0.2) is 0 Å². The van der Waals surface area contributed by atoms with E-state index in [0.29, 0.717) is 6.04 Å². The number of rotatable bonds is 6. The highest BCUT2D eigenvalue weighted by Gasteiger charge is 1.89. The van der Waals surface area contributed by atoms with E-state index in [-0.39, 0.29) is 0 Å². The molecule has 0 saturated carbocycles. The van der Waals surface area contributed by atoms with E-state index in [1.165, 1.54) is 0 Å². The van der Waals surface area contributed by atoms with Crippen molar-refractivity contribution in [2.75, 3.05) is 27.2 Å². The smallest absolute Gasteiger partial charge is 0.0895 e. The summed E-state index contributed by atoms with van der Waals surface area (Å²) >= 11 is 0. The zero-order valence-electron chi connectivity index (χ0n) is 9.25. The molecule has 0 radical (unpaired) electrons. The zero-order chi connectivity index (χ0) is 10.1. The molecule has 0 aromatic carbocycles. The molecular weight excluding hydrogens is 162 g/mol. The summed E-state index contributed by atoms with van der Waals surface area (Å²) in [6, 6.07) is 3.10. The van der Waals surface area contributed by atoms with Gasteiger partial charge in [0.05, 0.1) is 18.6 Å². The second-order valence-electron chi connectivity index (χ2n) is 3.52. The molecule has 1 unspecified atom stereocenters. The Morgan fingerprint density at radius 3 is 2.62 bits per heavy atom. The molecule has 1 atom stereocenters. The molecular formula is C10H21N3. The van der Waals surface area contributed by atoms with Gasteiger partial charge in [-0.05, 0) is 40.4 Å². The van der Waals surface area contributed by atoms with Gasteiger partial charge in [0.2, 0.25) is 0 Å². The first-order valence-corrected chi connectivity index (χ1v) is 4.93. The van der Waals surface area contributed by atoms with E-state index in [1.54, 1.807) is 0 Å². The van der Waals surface area contributed by atoms with Crippen LogP contribution in [0.4, 0.5) is 0 Å². The average Bonchev–Trinajstić information content (AvgIpc) is 2.10. The van der Waals surface area contributed by atoms with E-state index < -0.39 is 0 Å². The van der Waals surface area contributed by atoms with E-state index >= 15 is 0 Å². The van der Waals surface area contributed by atoms with Crippen LogP contribution in [0.1, 0.15) is 26.7 Å². The number of nitrogens with zero attached hydrogens (tertiary/aromatic N) is 3. The van der Waals surface area contributed by atoms with Gasteiger partial charge in [-0.2, -0.15) is 0 Å². The maximum atomic E-state index is 4.13. The zero-order valence-corrected chi connectivity index (χ0v) is 9.25. The van der Waals surface area contributed by atoms with Crippen molar-refractivity contribution >= 4 is 6.01 Å². The fraction of sp³-hybridized carbons (Fsp3) is 0.900. The van der Waals surface area contributed by atoms with E-state index in [2.05, 4.69) is 48.8 Å². The topological polar surface area (TPSA) is 28.0 Å². The molecule has 3 nitrogen and oxygen atoms in total. The lowest BCUT2D eigenvalue weighted by Crippen LogP contribution is -2.13. The molecule has 13 heavy (non-hydrogen) atoms. The molecule has 0 fully saturated rings. The van der Waals surface area contributed by atoms with Crippen LogP contribution in [0.3, 0.4) is 0 Å². The Kier molecular flexibility index (Phi) is 7.56. The van der Waals surface area contributed by atoms with Crippen molar-refractivity contribution in [3.63, 3.8) is 0 Å². The minimum Gasteiger partial charge on any atom is -0.309 e. The van der Waals surface area contributed by atoms with Crippen molar-refractivity contribution in [3.05, 3.63) is 0 Å². The third-order valence-electron chi connectivity index (χ3n) is 1.81. The Hall–Kier alpha value is -0.660. The Morgan fingerprint density at radius 2 is 2.08 bits per heavy atom. The SMILES string of the molecule is CCC(C)N=C=NCCCN(C)C. The van der Waals surface area contributed by atoms with Crippen LogP contribution in [0.2, 0.25) is 0 Å². The lowest BCUT2D eigenvalue weighted by molar-refractivity contribution is 0.403. The van der Waals surface area contributed by atoms with E-state index in [9.17, 15) is 0 Å². The van der Waals surface area contributed by atoms with Crippen molar-refractivity contribution in [2.24, 2.45) is 9.98 Å².